The molecule has 0 spiro atoms. The van der Waals surface area contributed by atoms with Crippen LogP contribution in [0.25, 0.3) is 0 Å². The normalized spacial score (nSPS) is 39.8. The first-order valence-electron chi connectivity index (χ1n) is 13.3. The summed E-state index contributed by atoms with van der Waals surface area (Å²) in [4.78, 5) is 4.68. The van der Waals surface area contributed by atoms with Gasteiger partial charge in [-0.2, -0.15) is 0 Å². The Morgan fingerprint density at radius 3 is 1.69 bits per heavy atom. The first-order valence-corrected chi connectivity index (χ1v) is 17.2. The Morgan fingerprint density at radius 1 is 0.629 bits per heavy atom. The summed E-state index contributed by atoms with van der Waals surface area (Å²) in [6, 6.07) is 1.56. The molecule has 7 heterocycles. The Kier molecular flexibility index (Phi) is 10.0. The number of ether oxygens (including phenoxy) is 3. The molecular weight excluding hydrogens is 492 g/mol. The maximum absolute atomic E-state index is 6.56. The lowest BCUT2D eigenvalue weighted by Gasteiger charge is -2.41. The van der Waals surface area contributed by atoms with Crippen LogP contribution in [0.2, 0.25) is 12.1 Å². The molecule has 0 aromatic rings. The van der Waals surface area contributed by atoms with E-state index in [0.29, 0.717) is 65.6 Å². The molecule has 4 bridgehead atoms. The maximum atomic E-state index is 6.56. The highest BCUT2D eigenvalue weighted by Gasteiger charge is 2.46. The van der Waals surface area contributed by atoms with E-state index in [1.807, 2.05) is 0 Å². The Bertz CT molecular complexity index is 612. The smallest absolute Gasteiger partial charge is 0.379 e. The molecule has 0 radical (unpaired) electrons. The van der Waals surface area contributed by atoms with Crippen molar-refractivity contribution in [3.05, 3.63) is 0 Å². The summed E-state index contributed by atoms with van der Waals surface area (Å²) < 4.78 is 54.5. The summed E-state index contributed by atoms with van der Waals surface area (Å²) in [5.74, 6) is 0. The highest BCUT2D eigenvalue weighted by Crippen LogP contribution is 2.26. The molecule has 11 nitrogen and oxygen atoms in total. The molecule has 0 aromatic heterocycles. The third kappa shape index (κ3) is 8.24. The average molecular weight is 535 g/mol. The van der Waals surface area contributed by atoms with Gasteiger partial charge in [-0.05, 0) is 12.8 Å². The number of nitrogens with zero attached hydrogens (tertiary/aromatic N) is 2. The topological polar surface area (TPSA) is 92.9 Å². The predicted octanol–water partition coefficient (Wildman–Crippen LogP) is 0.203. The van der Waals surface area contributed by atoms with Crippen molar-refractivity contribution >= 4 is 17.6 Å². The molecule has 7 rings (SSSR count). The van der Waals surface area contributed by atoms with Crippen molar-refractivity contribution in [1.82, 2.24) is 9.80 Å². The molecule has 2 unspecified atom stereocenters. The minimum atomic E-state index is -2.75. The van der Waals surface area contributed by atoms with Crippen molar-refractivity contribution in [2.45, 2.75) is 37.1 Å². The Hall–Kier alpha value is -0.00623. The molecule has 35 heavy (non-hydrogen) atoms. The van der Waals surface area contributed by atoms with E-state index in [9.17, 15) is 0 Å². The Morgan fingerprint density at radius 2 is 1.11 bits per heavy atom. The van der Waals surface area contributed by atoms with Gasteiger partial charge in [-0.3, -0.25) is 9.80 Å². The van der Waals surface area contributed by atoms with Crippen molar-refractivity contribution in [3.8, 4) is 0 Å². The van der Waals surface area contributed by atoms with E-state index in [0.717, 1.165) is 70.8 Å². The Labute approximate surface area is 210 Å². The van der Waals surface area contributed by atoms with E-state index in [1.165, 1.54) is 0 Å². The van der Waals surface area contributed by atoms with Crippen LogP contribution in [0, 0.1) is 0 Å². The van der Waals surface area contributed by atoms with E-state index in [1.54, 1.807) is 0 Å². The van der Waals surface area contributed by atoms with E-state index in [4.69, 9.17) is 40.8 Å². The van der Waals surface area contributed by atoms with Crippen molar-refractivity contribution < 1.29 is 40.8 Å². The Balaban J connectivity index is 1.06. The second-order valence-corrected chi connectivity index (χ2v) is 15.2. The van der Waals surface area contributed by atoms with Gasteiger partial charge in [-0.15, -0.1) is 0 Å². The molecule has 7 aliphatic heterocycles. The van der Waals surface area contributed by atoms with Gasteiger partial charge >= 0.3 is 17.6 Å². The number of hydrogen-bond acceptors (Lipinski definition) is 11. The standard InChI is InChI=1S/C22H42N2O9Si2/c1(15-34-28-10-3-23(4-11-29-34)5-12-30-34)8-25-18-21-17-24-6-13-31-35(33-21,32-14-7-24)16-2-9-26-19-22-20-27-22/h21-22H,1-20H2. The van der Waals surface area contributed by atoms with Crippen LogP contribution < -0.4 is 0 Å². The average Bonchev–Trinajstić information content (AvgIpc) is 3.59. The summed E-state index contributed by atoms with van der Waals surface area (Å²) in [6.45, 7) is 12.2. The van der Waals surface area contributed by atoms with Gasteiger partial charge in [-0.25, -0.2) is 0 Å². The fraction of sp³-hybridized carbons (Fsp3) is 1.00. The SMILES string of the molecule is C(COCC1CN2CCO[Si](CCCOCC3CO3)(OCC2)O1)C[Si]12OCCN(CCO1)CCO2. The summed E-state index contributed by atoms with van der Waals surface area (Å²) in [5.41, 5.74) is 0. The fourth-order valence-corrected chi connectivity index (χ4v) is 10.1. The number of fused-ring (bicyclic) bond motifs is 12. The van der Waals surface area contributed by atoms with Gasteiger partial charge in [-0.1, -0.05) is 0 Å². The molecule has 0 aliphatic carbocycles. The highest BCUT2D eigenvalue weighted by molar-refractivity contribution is 6.61. The summed E-state index contributed by atoms with van der Waals surface area (Å²) >= 11 is 0. The van der Waals surface area contributed by atoms with Crippen LogP contribution in [-0.4, -0.2) is 145 Å². The van der Waals surface area contributed by atoms with Gasteiger partial charge in [0.1, 0.15) is 6.10 Å². The second kappa shape index (κ2) is 13.2. The monoisotopic (exact) mass is 534 g/mol. The molecule has 0 aromatic carbocycles. The van der Waals surface area contributed by atoms with Gasteiger partial charge in [0, 0.05) is 64.6 Å². The fourth-order valence-electron chi connectivity index (χ4n) is 4.98. The molecule has 0 N–H and O–H groups in total. The van der Waals surface area contributed by atoms with E-state index < -0.39 is 17.6 Å². The van der Waals surface area contributed by atoms with E-state index in [-0.39, 0.29) is 6.10 Å². The predicted molar refractivity (Wildman–Crippen MR) is 129 cm³/mol. The van der Waals surface area contributed by atoms with Crippen molar-refractivity contribution in [2.75, 3.05) is 105 Å². The van der Waals surface area contributed by atoms with Gasteiger partial charge in [0.25, 0.3) is 0 Å². The first-order chi connectivity index (χ1) is 17.2. The zero-order valence-electron chi connectivity index (χ0n) is 20.9. The van der Waals surface area contributed by atoms with Crippen LogP contribution >= 0.6 is 0 Å². The second-order valence-electron chi connectivity index (χ2n) is 9.80. The summed E-state index contributed by atoms with van der Waals surface area (Å²) in [5, 5.41) is 0. The highest BCUT2D eigenvalue weighted by atomic mass is 28.4. The van der Waals surface area contributed by atoms with Crippen LogP contribution in [-0.2, 0) is 40.8 Å². The van der Waals surface area contributed by atoms with Gasteiger partial charge in [0.15, 0.2) is 0 Å². The van der Waals surface area contributed by atoms with Gasteiger partial charge in [0.05, 0.1) is 59.0 Å². The molecular formula is C22H42N2O9Si2. The van der Waals surface area contributed by atoms with Crippen LogP contribution in [0.3, 0.4) is 0 Å². The summed E-state index contributed by atoms with van der Waals surface area (Å²) in [6.07, 6.45) is 1.95. The molecule has 2 atom stereocenters. The van der Waals surface area contributed by atoms with E-state index in [2.05, 4.69) is 9.80 Å². The van der Waals surface area contributed by atoms with Crippen LogP contribution in [0.1, 0.15) is 12.8 Å². The van der Waals surface area contributed by atoms with Crippen molar-refractivity contribution in [2.24, 2.45) is 0 Å². The molecule has 0 amide bonds. The van der Waals surface area contributed by atoms with Gasteiger partial charge < -0.3 is 40.8 Å². The third-order valence-corrected chi connectivity index (χ3v) is 12.9. The van der Waals surface area contributed by atoms with E-state index >= 15 is 0 Å². The lowest BCUT2D eigenvalue weighted by molar-refractivity contribution is -0.0669. The number of hydrogen-bond donors (Lipinski definition) is 0. The van der Waals surface area contributed by atoms with Crippen LogP contribution in [0.15, 0.2) is 0 Å². The molecule has 202 valence electrons. The number of rotatable bonds is 12. The van der Waals surface area contributed by atoms with Crippen molar-refractivity contribution in [3.63, 3.8) is 0 Å². The maximum Gasteiger partial charge on any atom is 0.501 e. The zero-order valence-corrected chi connectivity index (χ0v) is 22.9. The minimum Gasteiger partial charge on any atom is -0.379 e. The molecule has 13 heteroatoms. The van der Waals surface area contributed by atoms with Crippen LogP contribution in [0.4, 0.5) is 0 Å². The van der Waals surface area contributed by atoms with Gasteiger partial charge in [0.2, 0.25) is 0 Å². The van der Waals surface area contributed by atoms with Crippen molar-refractivity contribution in [1.29, 1.82) is 0 Å². The zero-order chi connectivity index (χ0) is 23.8. The molecule has 0 saturated carbocycles. The lowest BCUT2D eigenvalue weighted by atomic mass is 10.3. The minimum absolute atomic E-state index is 0.0593. The van der Waals surface area contributed by atoms with Crippen LogP contribution in [0.5, 0.6) is 0 Å². The quantitative estimate of drug-likeness (QED) is 0.195. The number of epoxide rings is 1. The lowest BCUT2D eigenvalue weighted by Crippen LogP contribution is -2.58. The molecule has 7 aliphatic rings. The summed E-state index contributed by atoms with van der Waals surface area (Å²) in [7, 11) is -5.34. The largest absolute Gasteiger partial charge is 0.501 e. The molecule has 7 saturated heterocycles. The third-order valence-electron chi connectivity index (χ3n) is 7.01. The molecule has 7 fully saturated rings. The first kappa shape index (κ1) is 26.6.